The summed E-state index contributed by atoms with van der Waals surface area (Å²) < 4.78 is 5.43. The lowest BCUT2D eigenvalue weighted by Crippen LogP contribution is -2.44. The summed E-state index contributed by atoms with van der Waals surface area (Å²) in [5.41, 5.74) is 3.07. The molecule has 1 aliphatic rings. The first-order chi connectivity index (χ1) is 14.6. The lowest BCUT2D eigenvalue weighted by molar-refractivity contribution is -0.118. The van der Waals surface area contributed by atoms with E-state index in [1.165, 1.54) is 0 Å². The molecule has 5 nitrogen and oxygen atoms in total. The molecule has 0 N–H and O–H groups in total. The van der Waals surface area contributed by atoms with E-state index in [2.05, 4.69) is 4.90 Å². The van der Waals surface area contributed by atoms with E-state index in [0.717, 1.165) is 47.9 Å². The van der Waals surface area contributed by atoms with E-state index < -0.39 is 6.04 Å². The van der Waals surface area contributed by atoms with Gasteiger partial charge in [-0.2, -0.15) is 0 Å². The van der Waals surface area contributed by atoms with Crippen molar-refractivity contribution in [1.29, 1.82) is 0 Å². The van der Waals surface area contributed by atoms with E-state index in [4.69, 9.17) is 9.41 Å². The topological polar surface area (TPSA) is 49.1 Å². The van der Waals surface area contributed by atoms with Crippen molar-refractivity contribution in [2.24, 2.45) is 4.99 Å². The largest absolute Gasteiger partial charge is 0.469 e. The molecular formula is C25H27N3O2. The molecule has 2 heterocycles. The van der Waals surface area contributed by atoms with E-state index in [9.17, 15) is 4.79 Å². The van der Waals surface area contributed by atoms with E-state index >= 15 is 0 Å². The average molecular weight is 402 g/mol. The van der Waals surface area contributed by atoms with E-state index in [-0.39, 0.29) is 5.91 Å². The normalized spacial score (nSPS) is 16.1. The van der Waals surface area contributed by atoms with Crippen molar-refractivity contribution >= 4 is 17.6 Å². The van der Waals surface area contributed by atoms with Crippen LogP contribution in [0.4, 0.5) is 5.69 Å². The minimum Gasteiger partial charge on any atom is -0.469 e. The van der Waals surface area contributed by atoms with Gasteiger partial charge in [-0.15, -0.1) is 0 Å². The van der Waals surface area contributed by atoms with Gasteiger partial charge in [-0.25, -0.2) is 9.89 Å². The average Bonchev–Trinajstić information content (AvgIpc) is 3.38. The highest BCUT2D eigenvalue weighted by Gasteiger charge is 2.37. The molecule has 1 amide bonds. The number of nitrogens with zero attached hydrogens (tertiary/aromatic N) is 3. The van der Waals surface area contributed by atoms with Gasteiger partial charge >= 0.3 is 0 Å². The molecule has 5 heteroatoms. The monoisotopic (exact) mass is 401 g/mol. The Kier molecular flexibility index (Phi) is 5.98. The van der Waals surface area contributed by atoms with Crippen LogP contribution in [0, 0.1) is 6.92 Å². The van der Waals surface area contributed by atoms with Gasteiger partial charge in [0, 0.05) is 26.4 Å². The van der Waals surface area contributed by atoms with Gasteiger partial charge in [-0.3, -0.25) is 4.79 Å². The van der Waals surface area contributed by atoms with Crippen LogP contribution in [-0.4, -0.2) is 36.4 Å². The van der Waals surface area contributed by atoms with Crippen molar-refractivity contribution in [3.63, 3.8) is 0 Å². The Balaban J connectivity index is 1.56. The Morgan fingerprint density at radius 1 is 1.03 bits per heavy atom. The summed E-state index contributed by atoms with van der Waals surface area (Å²) >= 11 is 0. The first-order valence-corrected chi connectivity index (χ1v) is 10.4. The van der Waals surface area contributed by atoms with Gasteiger partial charge in [0.05, 0.1) is 12.0 Å². The number of hydrogen-bond donors (Lipinski definition) is 0. The summed E-state index contributed by atoms with van der Waals surface area (Å²) in [7, 11) is 2.00. The number of guanidine groups is 1. The maximum Gasteiger partial charge on any atom is 0.259 e. The zero-order chi connectivity index (χ0) is 20.9. The highest BCUT2D eigenvalue weighted by atomic mass is 16.3. The number of benzene rings is 2. The van der Waals surface area contributed by atoms with Crippen molar-refractivity contribution in [2.75, 3.05) is 18.5 Å². The minimum atomic E-state index is -0.408. The predicted molar refractivity (Wildman–Crippen MR) is 120 cm³/mol. The standard InChI is InChI=1S/C25H27N3O2/c1-19-10-6-7-15-23(19)28-24(29)22(18-20-11-4-3-5-12-20)26-25(28)27(2)16-8-13-21-14-9-17-30-21/h3-7,9-12,14-15,17,22H,8,13,16,18H2,1-2H3. The molecule has 30 heavy (non-hydrogen) atoms. The molecular weight excluding hydrogens is 374 g/mol. The van der Waals surface area contributed by atoms with Crippen LogP contribution < -0.4 is 4.90 Å². The summed E-state index contributed by atoms with van der Waals surface area (Å²) in [6.07, 6.45) is 4.08. The number of aliphatic imine (C=N–C) groups is 1. The molecule has 2 aromatic carbocycles. The number of carbonyl (C=O) groups excluding carboxylic acids is 1. The highest BCUT2D eigenvalue weighted by molar-refractivity contribution is 6.22. The van der Waals surface area contributed by atoms with Crippen molar-refractivity contribution < 1.29 is 9.21 Å². The Labute approximate surface area is 177 Å². The lowest BCUT2D eigenvalue weighted by Gasteiger charge is -2.27. The quantitative estimate of drug-likeness (QED) is 0.587. The third-order valence-corrected chi connectivity index (χ3v) is 5.44. The minimum absolute atomic E-state index is 0.0287. The van der Waals surface area contributed by atoms with Gasteiger partial charge in [-0.05, 0) is 42.7 Å². The number of para-hydroxylation sites is 1. The Morgan fingerprint density at radius 3 is 2.53 bits per heavy atom. The number of furan rings is 1. The van der Waals surface area contributed by atoms with Crippen LogP contribution in [0.3, 0.4) is 0 Å². The zero-order valence-corrected chi connectivity index (χ0v) is 17.5. The van der Waals surface area contributed by atoms with Gasteiger partial charge in [0.25, 0.3) is 5.91 Å². The van der Waals surface area contributed by atoms with Crippen LogP contribution in [-0.2, 0) is 17.6 Å². The SMILES string of the molecule is Cc1ccccc1N1C(=O)C(Cc2ccccc2)N=C1N(C)CCCc1ccco1. The zero-order valence-electron chi connectivity index (χ0n) is 17.5. The second-order valence-electron chi connectivity index (χ2n) is 7.70. The first kappa shape index (κ1) is 20.0. The molecule has 0 fully saturated rings. The number of anilines is 1. The maximum absolute atomic E-state index is 13.4. The molecule has 4 rings (SSSR count). The third-order valence-electron chi connectivity index (χ3n) is 5.44. The van der Waals surface area contributed by atoms with Crippen molar-refractivity contribution in [1.82, 2.24) is 4.90 Å². The molecule has 0 bridgehead atoms. The number of rotatable bonds is 7. The first-order valence-electron chi connectivity index (χ1n) is 10.4. The van der Waals surface area contributed by atoms with Gasteiger partial charge in [0.2, 0.25) is 5.96 Å². The summed E-state index contributed by atoms with van der Waals surface area (Å²) in [6, 6.07) is 21.6. The third kappa shape index (κ3) is 4.30. The molecule has 1 aromatic heterocycles. The molecule has 1 aliphatic heterocycles. The number of aryl methyl sites for hydroxylation is 2. The summed E-state index contributed by atoms with van der Waals surface area (Å²) in [5, 5.41) is 0. The number of carbonyl (C=O) groups is 1. The maximum atomic E-state index is 13.4. The Bertz CT molecular complexity index is 1010. The van der Waals surface area contributed by atoms with Gasteiger partial charge in [-0.1, -0.05) is 48.5 Å². The molecule has 0 saturated heterocycles. The molecule has 3 aromatic rings. The van der Waals surface area contributed by atoms with Crippen LogP contribution in [0.1, 0.15) is 23.3 Å². The fourth-order valence-corrected chi connectivity index (χ4v) is 3.83. The van der Waals surface area contributed by atoms with Gasteiger partial charge < -0.3 is 9.32 Å². The van der Waals surface area contributed by atoms with Crippen LogP contribution >= 0.6 is 0 Å². The Morgan fingerprint density at radius 2 is 1.80 bits per heavy atom. The lowest BCUT2D eigenvalue weighted by atomic mass is 10.1. The summed E-state index contributed by atoms with van der Waals surface area (Å²) in [6.45, 7) is 2.81. The van der Waals surface area contributed by atoms with Crippen LogP contribution in [0.2, 0.25) is 0 Å². The molecule has 1 unspecified atom stereocenters. The van der Waals surface area contributed by atoms with Gasteiger partial charge in [0.1, 0.15) is 11.8 Å². The van der Waals surface area contributed by atoms with Crippen molar-refractivity contribution in [3.8, 4) is 0 Å². The number of amides is 1. The second kappa shape index (κ2) is 8.99. The summed E-state index contributed by atoms with van der Waals surface area (Å²) in [5.74, 6) is 1.72. The fraction of sp³-hybridized carbons (Fsp3) is 0.280. The molecule has 0 saturated carbocycles. The van der Waals surface area contributed by atoms with Gasteiger partial charge in [0.15, 0.2) is 0 Å². The highest BCUT2D eigenvalue weighted by Crippen LogP contribution is 2.27. The Hall–Kier alpha value is -3.34. The van der Waals surface area contributed by atoms with Crippen LogP contribution in [0.5, 0.6) is 0 Å². The molecule has 0 radical (unpaired) electrons. The smallest absolute Gasteiger partial charge is 0.259 e. The van der Waals surface area contributed by atoms with Crippen LogP contribution in [0.15, 0.2) is 82.4 Å². The van der Waals surface area contributed by atoms with E-state index in [1.54, 1.807) is 11.2 Å². The van der Waals surface area contributed by atoms with Crippen molar-refractivity contribution in [2.45, 2.75) is 32.2 Å². The van der Waals surface area contributed by atoms with Crippen LogP contribution in [0.25, 0.3) is 0 Å². The van der Waals surface area contributed by atoms with Crippen molar-refractivity contribution in [3.05, 3.63) is 89.9 Å². The molecule has 0 aliphatic carbocycles. The second-order valence-corrected chi connectivity index (χ2v) is 7.70. The molecule has 0 spiro atoms. The molecule has 154 valence electrons. The fourth-order valence-electron chi connectivity index (χ4n) is 3.83. The van der Waals surface area contributed by atoms with E-state index in [1.807, 2.05) is 80.7 Å². The summed E-state index contributed by atoms with van der Waals surface area (Å²) in [4.78, 5) is 22.2. The van der Waals surface area contributed by atoms with E-state index in [0.29, 0.717) is 6.42 Å². The molecule has 1 atom stereocenters. The number of hydrogen-bond acceptors (Lipinski definition) is 4. The predicted octanol–water partition coefficient (Wildman–Crippen LogP) is 4.47.